The Morgan fingerprint density at radius 1 is 1.04 bits per heavy atom. The van der Waals surface area contributed by atoms with Crippen molar-refractivity contribution in [1.29, 1.82) is 0 Å². The third-order valence-electron chi connectivity index (χ3n) is 9.13. The Bertz CT molecular complexity index is 1350. The Labute approximate surface area is 262 Å². The summed E-state index contributed by atoms with van der Waals surface area (Å²) in [5, 5.41) is 15.5. The van der Waals surface area contributed by atoms with Crippen LogP contribution < -0.4 is 10.6 Å². The zero-order valence-electron chi connectivity index (χ0n) is 26.1. The summed E-state index contributed by atoms with van der Waals surface area (Å²) >= 11 is 0. The minimum atomic E-state index is -1.40. The van der Waals surface area contributed by atoms with Gasteiger partial charge in [0.2, 0.25) is 11.8 Å². The number of alkyl carbamates (subject to hydrolysis) is 1. The molecule has 4 amide bonds. The zero-order chi connectivity index (χ0) is 32.5. The number of carbonyl (C=O) groups is 5. The Morgan fingerprint density at radius 3 is 2.44 bits per heavy atom. The quantitative estimate of drug-likeness (QED) is 0.455. The molecule has 5 rings (SSSR count). The van der Waals surface area contributed by atoms with Crippen LogP contribution in [0.4, 0.5) is 14.0 Å². The number of halogens is 1. The van der Waals surface area contributed by atoms with Gasteiger partial charge in [0.25, 0.3) is 0 Å². The molecule has 0 bridgehead atoms. The van der Waals surface area contributed by atoms with Crippen LogP contribution in [0.3, 0.4) is 0 Å². The number of carboxylic acid groups (broad SMARTS) is 1. The number of nitrogens with one attached hydrogen (secondary N) is 2. The van der Waals surface area contributed by atoms with Gasteiger partial charge in [0.1, 0.15) is 35.1 Å². The number of hydrogen-bond acceptors (Lipinski definition) is 7. The van der Waals surface area contributed by atoms with Gasteiger partial charge in [0.05, 0.1) is 6.54 Å². The summed E-state index contributed by atoms with van der Waals surface area (Å²) < 4.78 is 24.9. The molecule has 3 heterocycles. The molecule has 0 aromatic heterocycles. The lowest BCUT2D eigenvalue weighted by Gasteiger charge is -2.30. The van der Waals surface area contributed by atoms with Crippen LogP contribution in [0.25, 0.3) is 0 Å². The molecule has 1 aliphatic carbocycles. The fraction of sp³-hybridized carbons (Fsp3) is 0.656. The largest absolute Gasteiger partial charge is 0.479 e. The molecule has 3 aliphatic heterocycles. The number of carbonyl (C=O) groups excluding carboxylic acids is 4. The number of amides is 4. The van der Waals surface area contributed by atoms with Gasteiger partial charge in [-0.05, 0) is 69.2 Å². The summed E-state index contributed by atoms with van der Waals surface area (Å²) in [6.45, 7) is 5.41. The molecular weight excluding hydrogens is 587 g/mol. The number of rotatable bonds is 3. The van der Waals surface area contributed by atoms with E-state index in [1.54, 1.807) is 26.8 Å². The van der Waals surface area contributed by atoms with Crippen LogP contribution >= 0.6 is 0 Å². The average molecular weight is 631 g/mol. The van der Waals surface area contributed by atoms with Gasteiger partial charge in [0.15, 0.2) is 0 Å². The molecular formula is C32H43FN4O8. The van der Waals surface area contributed by atoms with Crippen LogP contribution in [0.5, 0.6) is 0 Å². The van der Waals surface area contributed by atoms with Crippen molar-refractivity contribution in [2.45, 2.75) is 121 Å². The van der Waals surface area contributed by atoms with Crippen molar-refractivity contribution < 1.29 is 42.9 Å². The summed E-state index contributed by atoms with van der Waals surface area (Å²) in [6.07, 6.45) is 3.04. The van der Waals surface area contributed by atoms with E-state index in [0.29, 0.717) is 31.2 Å². The first-order valence-corrected chi connectivity index (χ1v) is 15.8. The van der Waals surface area contributed by atoms with Gasteiger partial charge in [0, 0.05) is 19.5 Å². The van der Waals surface area contributed by atoms with E-state index in [-0.39, 0.29) is 32.0 Å². The zero-order valence-corrected chi connectivity index (χ0v) is 26.1. The van der Waals surface area contributed by atoms with Gasteiger partial charge in [-0.3, -0.25) is 14.5 Å². The van der Waals surface area contributed by atoms with Crippen molar-refractivity contribution in [2.75, 3.05) is 6.54 Å². The normalized spacial score (nSPS) is 28.9. The maximum Gasteiger partial charge on any atom is 0.410 e. The number of benzene rings is 1. The smallest absolute Gasteiger partial charge is 0.410 e. The van der Waals surface area contributed by atoms with Crippen LogP contribution in [0.2, 0.25) is 0 Å². The second kappa shape index (κ2) is 12.8. The number of nitrogens with zero attached hydrogens (tertiary/aromatic N) is 2. The molecule has 0 unspecified atom stereocenters. The first kappa shape index (κ1) is 32.5. The van der Waals surface area contributed by atoms with E-state index < -0.39 is 65.1 Å². The number of ether oxygens (including phenoxy) is 2. The molecule has 246 valence electrons. The molecule has 4 aliphatic rings. The highest BCUT2D eigenvalue weighted by Gasteiger charge is 2.62. The lowest BCUT2D eigenvalue weighted by molar-refractivity contribution is -0.146. The van der Waals surface area contributed by atoms with E-state index in [1.165, 1.54) is 21.9 Å². The molecule has 3 fully saturated rings. The van der Waals surface area contributed by atoms with E-state index in [0.717, 1.165) is 31.2 Å². The summed E-state index contributed by atoms with van der Waals surface area (Å²) in [5.74, 6) is -2.89. The van der Waals surface area contributed by atoms with Gasteiger partial charge < -0.3 is 30.1 Å². The lowest BCUT2D eigenvalue weighted by atomic mass is 10.0. The molecule has 1 saturated carbocycles. The molecule has 13 heteroatoms. The third kappa shape index (κ3) is 7.50. The predicted octanol–water partition coefficient (Wildman–Crippen LogP) is 3.84. The second-order valence-corrected chi connectivity index (χ2v) is 13.7. The predicted molar refractivity (Wildman–Crippen MR) is 158 cm³/mol. The fourth-order valence-electron chi connectivity index (χ4n) is 6.71. The van der Waals surface area contributed by atoms with Crippen LogP contribution in [-0.4, -0.2) is 80.7 Å². The van der Waals surface area contributed by atoms with E-state index >= 15 is 0 Å². The lowest BCUT2D eigenvalue weighted by Crippen LogP contribution is -2.56. The van der Waals surface area contributed by atoms with Crippen molar-refractivity contribution in [3.8, 4) is 0 Å². The van der Waals surface area contributed by atoms with Gasteiger partial charge in [-0.1, -0.05) is 38.2 Å². The SMILES string of the molecule is CC(C)(C)OC(=O)N[C@H]1CCCCCCC[C@@H]2C[C@@]2(C(=O)O)NC(=O)[C@@H]2C[C@@H](OC(=O)N3Cc4ccc(F)cc4C3)CN2C1=O. The van der Waals surface area contributed by atoms with Gasteiger partial charge in [-0.15, -0.1) is 0 Å². The topological polar surface area (TPSA) is 155 Å². The number of hydrogen-bond donors (Lipinski definition) is 3. The number of fused-ring (bicyclic) bond motifs is 3. The highest BCUT2D eigenvalue weighted by atomic mass is 19.1. The monoisotopic (exact) mass is 630 g/mol. The maximum absolute atomic E-state index is 14.1. The van der Waals surface area contributed by atoms with E-state index in [9.17, 15) is 33.5 Å². The number of carboxylic acids is 1. The highest BCUT2D eigenvalue weighted by molar-refractivity contribution is 5.96. The van der Waals surface area contributed by atoms with Crippen molar-refractivity contribution in [2.24, 2.45) is 5.92 Å². The van der Waals surface area contributed by atoms with Crippen LogP contribution in [-0.2, 0) is 36.9 Å². The molecule has 0 radical (unpaired) electrons. The van der Waals surface area contributed by atoms with Crippen molar-refractivity contribution >= 4 is 30.0 Å². The van der Waals surface area contributed by atoms with E-state index in [4.69, 9.17) is 9.47 Å². The minimum Gasteiger partial charge on any atom is -0.479 e. The first-order valence-electron chi connectivity index (χ1n) is 15.8. The Hall–Kier alpha value is -3.90. The highest BCUT2D eigenvalue weighted by Crippen LogP contribution is 2.47. The minimum absolute atomic E-state index is 0.0434. The van der Waals surface area contributed by atoms with Crippen molar-refractivity contribution in [1.82, 2.24) is 20.4 Å². The standard InChI is InChI=1S/C32H43FN4O8/c1-31(2,3)45-29(42)34-24-10-8-6-4-5-7-9-21-15-32(21,28(40)41)35-26(38)25-14-23(18-37(25)27(24)39)44-30(43)36-16-19-11-12-22(33)13-20(19)17-36/h11-13,21,23-25H,4-10,14-18H2,1-3H3,(H,34,42)(H,35,38)(H,40,41)/t21-,23-,24+,25+,32-/m1/s1. The summed E-state index contributed by atoms with van der Waals surface area (Å²) in [7, 11) is 0. The van der Waals surface area contributed by atoms with Crippen LogP contribution in [0.1, 0.15) is 89.7 Å². The molecule has 12 nitrogen and oxygen atoms in total. The first-order chi connectivity index (χ1) is 21.3. The molecule has 1 aromatic carbocycles. The van der Waals surface area contributed by atoms with E-state index in [1.807, 2.05) is 0 Å². The van der Waals surface area contributed by atoms with Gasteiger partial charge in [-0.25, -0.2) is 18.8 Å². The Kier molecular flexibility index (Phi) is 9.27. The van der Waals surface area contributed by atoms with Crippen LogP contribution in [0.15, 0.2) is 18.2 Å². The summed E-state index contributed by atoms with van der Waals surface area (Å²) in [5.41, 5.74) is -0.716. The van der Waals surface area contributed by atoms with Gasteiger partial charge in [-0.2, -0.15) is 0 Å². The molecule has 0 spiro atoms. The second-order valence-electron chi connectivity index (χ2n) is 13.7. The maximum atomic E-state index is 14.1. The Balaban J connectivity index is 1.36. The van der Waals surface area contributed by atoms with E-state index in [2.05, 4.69) is 10.6 Å². The average Bonchev–Trinajstić information content (AvgIpc) is 3.26. The Morgan fingerprint density at radius 2 is 1.73 bits per heavy atom. The summed E-state index contributed by atoms with van der Waals surface area (Å²) in [6, 6.07) is 2.20. The van der Waals surface area contributed by atoms with Crippen molar-refractivity contribution in [3.63, 3.8) is 0 Å². The number of aliphatic carboxylic acids is 1. The third-order valence-corrected chi connectivity index (χ3v) is 9.13. The molecule has 5 atom stereocenters. The molecule has 45 heavy (non-hydrogen) atoms. The fourth-order valence-corrected chi connectivity index (χ4v) is 6.71. The van der Waals surface area contributed by atoms with Gasteiger partial charge >= 0.3 is 18.2 Å². The van der Waals surface area contributed by atoms with Crippen LogP contribution in [0, 0.1) is 11.7 Å². The van der Waals surface area contributed by atoms with Crippen molar-refractivity contribution in [3.05, 3.63) is 35.1 Å². The summed E-state index contributed by atoms with van der Waals surface area (Å²) in [4.78, 5) is 68.7. The molecule has 2 saturated heterocycles. The molecule has 3 N–H and O–H groups in total. The molecule has 1 aromatic rings.